The molecular weight excluding hydrogens is 398 g/mol. The molecule has 5 rings (SSSR count). The summed E-state index contributed by atoms with van der Waals surface area (Å²) >= 11 is 1.66. The molecule has 1 aliphatic rings. The van der Waals surface area contributed by atoms with Crippen molar-refractivity contribution >= 4 is 32.4 Å². The smallest absolute Gasteiger partial charge is 0.155 e. The molecule has 0 spiro atoms. The van der Waals surface area contributed by atoms with E-state index >= 15 is 0 Å². The Morgan fingerprint density at radius 2 is 2.03 bits per heavy atom. The van der Waals surface area contributed by atoms with Crippen molar-refractivity contribution in [3.63, 3.8) is 0 Å². The normalized spacial score (nSPS) is 15.9. The monoisotopic (exact) mass is 421 g/mol. The Kier molecular flexibility index (Phi) is 5.48. The van der Waals surface area contributed by atoms with Crippen molar-refractivity contribution in [2.45, 2.75) is 12.8 Å². The summed E-state index contributed by atoms with van der Waals surface area (Å²) in [7, 11) is 0. The molecule has 1 aliphatic heterocycles. The minimum Gasteiger partial charge on any atom is -0.454 e. The van der Waals surface area contributed by atoms with Crippen molar-refractivity contribution in [3.05, 3.63) is 58.9 Å². The second-order valence-corrected chi connectivity index (χ2v) is 8.46. The average Bonchev–Trinajstić information content (AvgIpc) is 3.27. The van der Waals surface area contributed by atoms with Crippen LogP contribution in [0.4, 0.5) is 0 Å². The van der Waals surface area contributed by atoms with Crippen LogP contribution < -0.4 is 5.36 Å². The third-order valence-corrected chi connectivity index (χ3v) is 6.43. The van der Waals surface area contributed by atoms with Crippen LogP contribution in [0.1, 0.15) is 12.0 Å². The lowest BCUT2D eigenvalue weighted by atomic mass is 10.1. The van der Waals surface area contributed by atoms with Crippen LogP contribution in [0.25, 0.3) is 32.5 Å². The molecule has 4 heterocycles. The SMILES string of the molecule is ON=c1cc(-c2cc3sccc3cn2)oc2ccc(CCCN3CCOCC3)cc12. The van der Waals surface area contributed by atoms with Crippen LogP contribution in [0.15, 0.2) is 57.5 Å². The lowest BCUT2D eigenvalue weighted by molar-refractivity contribution is 0.0375. The molecule has 0 radical (unpaired) electrons. The molecular formula is C23H23N3O3S. The van der Waals surface area contributed by atoms with E-state index in [2.05, 4.69) is 27.2 Å². The van der Waals surface area contributed by atoms with Gasteiger partial charge in [0.25, 0.3) is 0 Å². The first kappa shape index (κ1) is 19.2. The van der Waals surface area contributed by atoms with Gasteiger partial charge in [-0.3, -0.25) is 9.88 Å². The quantitative estimate of drug-likeness (QED) is 0.385. The topological polar surface area (TPSA) is 71.1 Å². The molecule has 30 heavy (non-hydrogen) atoms. The molecule has 1 fully saturated rings. The van der Waals surface area contributed by atoms with Crippen LogP contribution in [0.3, 0.4) is 0 Å². The van der Waals surface area contributed by atoms with Gasteiger partial charge in [-0.2, -0.15) is 0 Å². The number of fused-ring (bicyclic) bond motifs is 2. The summed E-state index contributed by atoms with van der Waals surface area (Å²) in [6, 6.07) is 11.9. The van der Waals surface area contributed by atoms with E-state index in [0.29, 0.717) is 16.7 Å². The predicted molar refractivity (Wildman–Crippen MR) is 118 cm³/mol. The highest BCUT2D eigenvalue weighted by Crippen LogP contribution is 2.27. The van der Waals surface area contributed by atoms with Gasteiger partial charge in [0.05, 0.1) is 13.2 Å². The molecule has 0 aliphatic carbocycles. The summed E-state index contributed by atoms with van der Waals surface area (Å²) in [6.45, 7) is 4.75. The van der Waals surface area contributed by atoms with E-state index in [1.165, 1.54) is 5.56 Å². The molecule has 0 saturated carbocycles. The molecule has 0 unspecified atom stereocenters. The fraction of sp³-hybridized carbons (Fsp3) is 0.304. The molecule has 3 aromatic heterocycles. The maximum Gasteiger partial charge on any atom is 0.155 e. The van der Waals surface area contributed by atoms with Gasteiger partial charge in [-0.1, -0.05) is 11.2 Å². The maximum atomic E-state index is 9.63. The first-order valence-electron chi connectivity index (χ1n) is 10.2. The number of hydrogen-bond acceptors (Lipinski definition) is 7. The number of benzene rings is 1. The summed E-state index contributed by atoms with van der Waals surface area (Å²) < 4.78 is 12.7. The van der Waals surface area contributed by atoms with Gasteiger partial charge >= 0.3 is 0 Å². The lowest BCUT2D eigenvalue weighted by Crippen LogP contribution is -2.36. The van der Waals surface area contributed by atoms with Gasteiger partial charge in [0.15, 0.2) is 5.76 Å². The Morgan fingerprint density at radius 1 is 1.13 bits per heavy atom. The van der Waals surface area contributed by atoms with Crippen LogP contribution in [0.2, 0.25) is 0 Å². The molecule has 1 saturated heterocycles. The number of nitrogens with zero attached hydrogens (tertiary/aromatic N) is 3. The molecule has 0 bridgehead atoms. The third-order valence-electron chi connectivity index (χ3n) is 5.55. The van der Waals surface area contributed by atoms with Crippen LogP contribution in [-0.4, -0.2) is 47.9 Å². The largest absolute Gasteiger partial charge is 0.454 e. The van der Waals surface area contributed by atoms with Gasteiger partial charge in [-0.25, -0.2) is 0 Å². The lowest BCUT2D eigenvalue weighted by Gasteiger charge is -2.26. The van der Waals surface area contributed by atoms with Crippen molar-refractivity contribution in [2.75, 3.05) is 32.8 Å². The zero-order valence-electron chi connectivity index (χ0n) is 16.6. The molecule has 0 atom stereocenters. The van der Waals surface area contributed by atoms with Crippen LogP contribution in [-0.2, 0) is 11.2 Å². The number of aryl methyl sites for hydroxylation is 1. The van der Waals surface area contributed by atoms with Gasteiger partial charge in [-0.15, -0.1) is 11.3 Å². The first-order valence-corrected chi connectivity index (χ1v) is 11.1. The number of aromatic nitrogens is 1. The van der Waals surface area contributed by atoms with E-state index in [4.69, 9.17) is 9.15 Å². The van der Waals surface area contributed by atoms with E-state index in [0.717, 1.165) is 66.9 Å². The second-order valence-electron chi connectivity index (χ2n) is 7.51. The van der Waals surface area contributed by atoms with Crippen LogP contribution >= 0.6 is 11.3 Å². The van der Waals surface area contributed by atoms with Crippen LogP contribution in [0, 0.1) is 0 Å². The van der Waals surface area contributed by atoms with Gasteiger partial charge in [-0.05, 0) is 54.6 Å². The maximum absolute atomic E-state index is 9.63. The zero-order valence-corrected chi connectivity index (χ0v) is 17.4. The van der Waals surface area contributed by atoms with Crippen LogP contribution in [0.5, 0.6) is 0 Å². The van der Waals surface area contributed by atoms with Gasteiger partial charge < -0.3 is 14.4 Å². The highest BCUT2D eigenvalue weighted by atomic mass is 32.1. The highest BCUT2D eigenvalue weighted by Gasteiger charge is 2.11. The molecule has 4 aromatic rings. The van der Waals surface area contributed by atoms with Gasteiger partial charge in [0, 0.05) is 40.8 Å². The number of morpholine rings is 1. The molecule has 1 aromatic carbocycles. The fourth-order valence-corrected chi connectivity index (χ4v) is 4.70. The summed E-state index contributed by atoms with van der Waals surface area (Å²) in [6.07, 6.45) is 3.89. The van der Waals surface area contributed by atoms with Crippen molar-refractivity contribution in [2.24, 2.45) is 5.16 Å². The number of thiophene rings is 1. The summed E-state index contributed by atoms with van der Waals surface area (Å²) in [4.78, 5) is 6.95. The average molecular weight is 422 g/mol. The van der Waals surface area contributed by atoms with Crippen molar-refractivity contribution < 1.29 is 14.4 Å². The highest BCUT2D eigenvalue weighted by molar-refractivity contribution is 7.17. The summed E-state index contributed by atoms with van der Waals surface area (Å²) in [5.74, 6) is 0.589. The van der Waals surface area contributed by atoms with Gasteiger partial charge in [0.1, 0.15) is 16.6 Å². The summed E-state index contributed by atoms with van der Waals surface area (Å²) in [5.41, 5.74) is 2.62. The molecule has 7 heteroatoms. The Balaban J connectivity index is 1.40. The van der Waals surface area contributed by atoms with E-state index in [1.807, 2.05) is 29.8 Å². The van der Waals surface area contributed by atoms with E-state index in [-0.39, 0.29) is 0 Å². The minimum atomic E-state index is 0.495. The molecule has 154 valence electrons. The Hall–Kier alpha value is -2.74. The number of ether oxygens (including phenoxy) is 1. The van der Waals surface area contributed by atoms with E-state index in [9.17, 15) is 5.21 Å². The van der Waals surface area contributed by atoms with E-state index < -0.39 is 0 Å². The van der Waals surface area contributed by atoms with E-state index in [1.54, 1.807) is 17.4 Å². The number of rotatable bonds is 5. The minimum absolute atomic E-state index is 0.495. The second kappa shape index (κ2) is 8.55. The first-order chi connectivity index (χ1) is 14.8. The molecule has 6 nitrogen and oxygen atoms in total. The predicted octanol–water partition coefficient (Wildman–Crippen LogP) is 4.26. The Labute approximate surface area is 178 Å². The van der Waals surface area contributed by atoms with Crippen molar-refractivity contribution in [3.8, 4) is 11.5 Å². The van der Waals surface area contributed by atoms with Crippen molar-refractivity contribution in [1.82, 2.24) is 9.88 Å². The Bertz CT molecular complexity index is 1240. The number of hydrogen-bond donors (Lipinski definition) is 1. The summed E-state index contributed by atoms with van der Waals surface area (Å²) in [5, 5.41) is 17.6. The number of pyridine rings is 1. The molecule has 0 amide bonds. The van der Waals surface area contributed by atoms with Gasteiger partial charge in [0.2, 0.25) is 0 Å². The standard InChI is InChI=1S/C23H23N3O3S/c27-25-19-13-22(20-14-23-17(15-24-20)5-11-30-23)29-21-4-3-16(12-18(19)21)2-1-6-26-7-9-28-10-8-26/h3-5,11-15,27H,1-2,6-10H2. The third kappa shape index (κ3) is 3.96. The zero-order chi connectivity index (χ0) is 20.3. The molecule has 1 N–H and O–H groups in total. The fourth-order valence-electron chi connectivity index (χ4n) is 3.90. The Morgan fingerprint density at radius 3 is 2.90 bits per heavy atom. The van der Waals surface area contributed by atoms with Crippen molar-refractivity contribution in [1.29, 1.82) is 0 Å².